The van der Waals surface area contributed by atoms with E-state index in [-0.39, 0.29) is 0 Å². The normalized spacial score (nSPS) is 12.2. The first-order valence-corrected chi connectivity index (χ1v) is 17.2. The van der Waals surface area contributed by atoms with Crippen LogP contribution >= 0.6 is 0 Å². The molecule has 0 amide bonds. The molecular formula is C48H29NO. The number of rotatable bonds is 3. The molecule has 0 N–H and O–H groups in total. The molecule has 11 rings (SSSR count). The molecule has 1 aliphatic rings. The van der Waals surface area contributed by atoms with Crippen LogP contribution in [0.4, 0.5) is 0 Å². The number of hydrogen-bond donors (Lipinski definition) is 0. The Balaban J connectivity index is 1.20. The third-order valence-electron chi connectivity index (χ3n) is 10.6. The van der Waals surface area contributed by atoms with Crippen LogP contribution in [0.2, 0.25) is 0 Å². The van der Waals surface area contributed by atoms with Crippen molar-refractivity contribution in [2.75, 3.05) is 0 Å². The minimum atomic E-state index is 0.894. The molecule has 0 bridgehead atoms. The molecular weight excluding hydrogens is 607 g/mol. The molecule has 232 valence electrons. The standard InChI is InChI=1S/C48H29NO/c1-2-15-33(16-3-1)49-47-35-18-5-4-12-30(35)24-26-40(47)43-29-41(37-20-8-9-21-39(37)48(43)49)36-19-7-6-17-34(36)32-25-27-44-42(28-32)38-22-10-13-31-14-11-23-45(50-44)46(31)38/h1-29H. The summed E-state index contributed by atoms with van der Waals surface area (Å²) in [5.74, 6) is 1.81. The Hall–Kier alpha value is -6.64. The Morgan fingerprint density at radius 1 is 0.340 bits per heavy atom. The smallest absolute Gasteiger partial charge is 0.135 e. The van der Waals surface area contributed by atoms with Crippen LogP contribution < -0.4 is 4.74 Å². The monoisotopic (exact) mass is 635 g/mol. The molecule has 2 nitrogen and oxygen atoms in total. The predicted molar refractivity (Wildman–Crippen MR) is 210 cm³/mol. The van der Waals surface area contributed by atoms with Crippen molar-refractivity contribution in [1.82, 2.24) is 4.57 Å². The van der Waals surface area contributed by atoms with Crippen molar-refractivity contribution in [1.29, 1.82) is 0 Å². The van der Waals surface area contributed by atoms with E-state index in [1.807, 2.05) is 0 Å². The Labute approximate surface area is 289 Å². The van der Waals surface area contributed by atoms with E-state index < -0.39 is 0 Å². The van der Waals surface area contributed by atoms with Gasteiger partial charge in [0.05, 0.1) is 11.0 Å². The third-order valence-corrected chi connectivity index (χ3v) is 10.6. The minimum absolute atomic E-state index is 0.894. The van der Waals surface area contributed by atoms with Gasteiger partial charge in [-0.15, -0.1) is 0 Å². The van der Waals surface area contributed by atoms with Gasteiger partial charge in [0.15, 0.2) is 0 Å². The van der Waals surface area contributed by atoms with E-state index in [2.05, 4.69) is 180 Å². The van der Waals surface area contributed by atoms with E-state index >= 15 is 0 Å². The molecule has 50 heavy (non-hydrogen) atoms. The molecule has 2 heteroatoms. The molecule has 2 heterocycles. The van der Waals surface area contributed by atoms with Crippen molar-refractivity contribution in [3.8, 4) is 50.6 Å². The molecule has 0 aliphatic carbocycles. The van der Waals surface area contributed by atoms with Crippen molar-refractivity contribution >= 4 is 54.1 Å². The number of fused-ring (bicyclic) bond motifs is 9. The molecule has 0 saturated heterocycles. The van der Waals surface area contributed by atoms with Crippen LogP contribution in [0.15, 0.2) is 176 Å². The molecule has 1 aromatic heterocycles. The maximum atomic E-state index is 6.47. The van der Waals surface area contributed by atoms with Gasteiger partial charge in [-0.25, -0.2) is 0 Å². The Morgan fingerprint density at radius 3 is 1.88 bits per heavy atom. The summed E-state index contributed by atoms with van der Waals surface area (Å²) in [6.45, 7) is 0. The number of hydrogen-bond acceptors (Lipinski definition) is 1. The summed E-state index contributed by atoms with van der Waals surface area (Å²) in [5, 5.41) is 9.83. The molecule has 0 unspecified atom stereocenters. The highest BCUT2D eigenvalue weighted by Crippen LogP contribution is 2.49. The first kappa shape index (κ1) is 27.3. The van der Waals surface area contributed by atoms with Crippen LogP contribution in [0, 0.1) is 0 Å². The maximum absolute atomic E-state index is 6.47. The van der Waals surface area contributed by atoms with Gasteiger partial charge in [-0.2, -0.15) is 0 Å². The van der Waals surface area contributed by atoms with Crippen molar-refractivity contribution < 1.29 is 4.74 Å². The molecule has 9 aromatic carbocycles. The van der Waals surface area contributed by atoms with Crippen LogP contribution in [0.25, 0.3) is 93.2 Å². The summed E-state index contributed by atoms with van der Waals surface area (Å²) < 4.78 is 8.95. The van der Waals surface area contributed by atoms with Crippen LogP contribution in [-0.4, -0.2) is 4.57 Å². The van der Waals surface area contributed by atoms with Crippen molar-refractivity contribution in [3.63, 3.8) is 0 Å². The number of nitrogens with zero attached hydrogens (tertiary/aromatic N) is 1. The summed E-state index contributed by atoms with van der Waals surface area (Å²) in [4.78, 5) is 0. The largest absolute Gasteiger partial charge is 0.456 e. The number of benzene rings is 9. The molecule has 0 fully saturated rings. The second-order valence-corrected chi connectivity index (χ2v) is 13.2. The zero-order valence-electron chi connectivity index (χ0n) is 27.1. The van der Waals surface area contributed by atoms with Crippen molar-refractivity contribution in [3.05, 3.63) is 176 Å². The number of aromatic nitrogens is 1. The third kappa shape index (κ3) is 3.85. The average molecular weight is 636 g/mol. The van der Waals surface area contributed by atoms with Gasteiger partial charge in [0.2, 0.25) is 0 Å². The lowest BCUT2D eigenvalue weighted by atomic mass is 9.88. The number of para-hydroxylation sites is 1. The molecule has 1 aliphatic heterocycles. The van der Waals surface area contributed by atoms with Crippen LogP contribution in [0.1, 0.15) is 0 Å². The number of ether oxygens (including phenoxy) is 1. The summed E-state index contributed by atoms with van der Waals surface area (Å²) in [6.07, 6.45) is 0. The van der Waals surface area contributed by atoms with E-state index in [1.165, 1.54) is 81.9 Å². The summed E-state index contributed by atoms with van der Waals surface area (Å²) in [6, 6.07) is 63.8. The lowest BCUT2D eigenvalue weighted by molar-refractivity contribution is 0.487. The zero-order chi connectivity index (χ0) is 32.8. The lowest BCUT2D eigenvalue weighted by Crippen LogP contribution is -1.97. The predicted octanol–water partition coefficient (Wildman–Crippen LogP) is 13.3. The van der Waals surface area contributed by atoms with Crippen LogP contribution in [0.5, 0.6) is 11.5 Å². The average Bonchev–Trinajstić information content (AvgIpc) is 3.53. The van der Waals surface area contributed by atoms with Crippen molar-refractivity contribution in [2.24, 2.45) is 0 Å². The molecule has 0 spiro atoms. The van der Waals surface area contributed by atoms with Gasteiger partial charge in [0, 0.05) is 38.2 Å². The first-order chi connectivity index (χ1) is 24.8. The SMILES string of the molecule is c1ccc(-n2c3c4ccccc4ccc3c3cc(-c4ccccc4-c4ccc5c(c4)-c4cccc6cccc(c46)O5)c4ccccc4c32)cc1. The Kier molecular flexibility index (Phi) is 5.70. The van der Waals surface area contributed by atoms with E-state index in [1.54, 1.807) is 0 Å². The van der Waals surface area contributed by atoms with Gasteiger partial charge < -0.3 is 9.30 Å². The Bertz CT molecular complexity index is 3000. The molecule has 0 atom stereocenters. The molecule has 0 saturated carbocycles. The maximum Gasteiger partial charge on any atom is 0.135 e. The highest BCUT2D eigenvalue weighted by atomic mass is 16.5. The zero-order valence-corrected chi connectivity index (χ0v) is 27.1. The second kappa shape index (κ2) is 10.4. The molecule has 10 aromatic rings. The topological polar surface area (TPSA) is 14.2 Å². The van der Waals surface area contributed by atoms with E-state index in [0.29, 0.717) is 0 Å². The van der Waals surface area contributed by atoms with Crippen molar-refractivity contribution in [2.45, 2.75) is 0 Å². The molecule has 0 radical (unpaired) electrons. The summed E-state index contributed by atoms with van der Waals surface area (Å²) in [5.41, 5.74) is 10.8. The van der Waals surface area contributed by atoms with Crippen LogP contribution in [-0.2, 0) is 0 Å². The fraction of sp³-hybridized carbons (Fsp3) is 0. The van der Waals surface area contributed by atoms with Gasteiger partial charge in [-0.1, -0.05) is 140 Å². The van der Waals surface area contributed by atoms with E-state index in [0.717, 1.165) is 22.7 Å². The summed E-state index contributed by atoms with van der Waals surface area (Å²) in [7, 11) is 0. The van der Waals surface area contributed by atoms with Crippen LogP contribution in [0.3, 0.4) is 0 Å². The highest BCUT2D eigenvalue weighted by Gasteiger charge is 2.23. The first-order valence-electron chi connectivity index (χ1n) is 17.2. The van der Waals surface area contributed by atoms with Gasteiger partial charge in [0.25, 0.3) is 0 Å². The quantitative estimate of drug-likeness (QED) is 0.188. The second-order valence-electron chi connectivity index (χ2n) is 13.2. The fourth-order valence-electron chi connectivity index (χ4n) is 8.39. The lowest BCUT2D eigenvalue weighted by Gasteiger charge is -2.22. The van der Waals surface area contributed by atoms with Gasteiger partial charge in [0.1, 0.15) is 11.5 Å². The highest BCUT2D eigenvalue weighted by molar-refractivity contribution is 6.26. The van der Waals surface area contributed by atoms with Gasteiger partial charge in [-0.3, -0.25) is 0 Å². The Morgan fingerprint density at radius 2 is 1.00 bits per heavy atom. The van der Waals surface area contributed by atoms with E-state index in [9.17, 15) is 0 Å². The van der Waals surface area contributed by atoms with E-state index in [4.69, 9.17) is 4.74 Å². The van der Waals surface area contributed by atoms with Gasteiger partial charge in [-0.05, 0) is 80.4 Å². The minimum Gasteiger partial charge on any atom is -0.456 e. The summed E-state index contributed by atoms with van der Waals surface area (Å²) >= 11 is 0. The fourth-order valence-corrected chi connectivity index (χ4v) is 8.39. The van der Waals surface area contributed by atoms with Gasteiger partial charge >= 0.3 is 0 Å².